The molecule has 0 amide bonds. The molecule has 2 N–H and O–H groups in total. The number of hydrogen-bond donors (Lipinski definition) is 1. The summed E-state index contributed by atoms with van der Waals surface area (Å²) >= 11 is 0. The van der Waals surface area contributed by atoms with Crippen LogP contribution >= 0.6 is 0 Å². The summed E-state index contributed by atoms with van der Waals surface area (Å²) in [6.07, 6.45) is 3.42. The van der Waals surface area contributed by atoms with Crippen LogP contribution in [0.1, 0.15) is 24.2 Å². The van der Waals surface area contributed by atoms with Crippen LogP contribution in [-0.4, -0.2) is 9.97 Å². The number of nitrogens with zero attached hydrogens (tertiary/aromatic N) is 2. The highest BCUT2D eigenvalue weighted by atomic mass is 16.5. The maximum absolute atomic E-state index is 5.81. The van der Waals surface area contributed by atoms with Crippen LogP contribution < -0.4 is 10.5 Å². The Kier molecular flexibility index (Phi) is 3.35. The number of rotatable bonds is 3. The van der Waals surface area contributed by atoms with Crippen molar-refractivity contribution in [3.8, 4) is 11.6 Å². The first-order valence-corrected chi connectivity index (χ1v) is 5.48. The van der Waals surface area contributed by atoms with Gasteiger partial charge in [-0.2, -0.15) is 0 Å². The lowest BCUT2D eigenvalue weighted by Gasteiger charge is -2.09. The monoisotopic (exact) mass is 229 g/mol. The number of hydrogen-bond acceptors (Lipinski definition) is 4. The van der Waals surface area contributed by atoms with Gasteiger partial charge in [-0.25, -0.2) is 4.98 Å². The van der Waals surface area contributed by atoms with Crippen molar-refractivity contribution in [2.24, 2.45) is 5.73 Å². The fraction of sp³-hybridized carbons (Fsp3) is 0.231. The molecule has 0 bridgehead atoms. The van der Waals surface area contributed by atoms with Crippen molar-refractivity contribution in [3.63, 3.8) is 0 Å². The number of nitrogens with two attached hydrogens (primary N) is 1. The Morgan fingerprint density at radius 3 is 2.76 bits per heavy atom. The van der Waals surface area contributed by atoms with Gasteiger partial charge in [-0.15, -0.1) is 0 Å². The molecule has 2 aromatic heterocycles. The fourth-order valence-electron chi connectivity index (χ4n) is 1.45. The van der Waals surface area contributed by atoms with Gasteiger partial charge in [-0.05, 0) is 37.6 Å². The first-order chi connectivity index (χ1) is 8.16. The first-order valence-electron chi connectivity index (χ1n) is 5.48. The van der Waals surface area contributed by atoms with Crippen LogP contribution in [0.3, 0.4) is 0 Å². The van der Waals surface area contributed by atoms with E-state index in [2.05, 4.69) is 9.97 Å². The predicted molar refractivity (Wildman–Crippen MR) is 65.9 cm³/mol. The number of aromatic nitrogens is 2. The molecule has 88 valence electrons. The second kappa shape index (κ2) is 4.93. The Morgan fingerprint density at radius 2 is 2.06 bits per heavy atom. The molecule has 0 aliphatic carbocycles. The highest BCUT2D eigenvalue weighted by molar-refractivity contribution is 5.31. The molecular weight excluding hydrogens is 214 g/mol. The summed E-state index contributed by atoms with van der Waals surface area (Å²) in [5.74, 6) is 1.25. The first kappa shape index (κ1) is 11.5. The van der Waals surface area contributed by atoms with E-state index in [1.54, 1.807) is 12.4 Å². The molecule has 0 fully saturated rings. The zero-order valence-corrected chi connectivity index (χ0v) is 9.92. The SMILES string of the molecule is Cc1ncccc1Oc1cc([C@H](C)N)ccn1. The van der Waals surface area contributed by atoms with Crippen molar-refractivity contribution in [3.05, 3.63) is 47.9 Å². The predicted octanol–water partition coefficient (Wildman–Crippen LogP) is 2.60. The molecule has 2 aromatic rings. The van der Waals surface area contributed by atoms with Crippen molar-refractivity contribution in [2.75, 3.05) is 0 Å². The molecule has 0 saturated carbocycles. The van der Waals surface area contributed by atoms with Crippen LogP contribution in [0.2, 0.25) is 0 Å². The molecule has 4 nitrogen and oxygen atoms in total. The van der Waals surface area contributed by atoms with Crippen LogP contribution in [0.15, 0.2) is 36.7 Å². The fourth-order valence-corrected chi connectivity index (χ4v) is 1.45. The van der Waals surface area contributed by atoms with Gasteiger partial charge in [0.05, 0.1) is 5.69 Å². The highest BCUT2D eigenvalue weighted by Gasteiger charge is 2.05. The number of aryl methyl sites for hydroxylation is 1. The summed E-state index contributed by atoms with van der Waals surface area (Å²) in [4.78, 5) is 8.31. The summed E-state index contributed by atoms with van der Waals surface area (Å²) in [6, 6.07) is 7.39. The lowest BCUT2D eigenvalue weighted by Crippen LogP contribution is -2.05. The van der Waals surface area contributed by atoms with Crippen LogP contribution in [0.5, 0.6) is 11.6 Å². The molecule has 17 heavy (non-hydrogen) atoms. The van der Waals surface area contributed by atoms with Gasteiger partial charge in [-0.3, -0.25) is 4.98 Å². The summed E-state index contributed by atoms with van der Waals surface area (Å²) in [5.41, 5.74) is 7.64. The molecule has 0 aliphatic heterocycles. The summed E-state index contributed by atoms with van der Waals surface area (Å²) in [5, 5.41) is 0. The van der Waals surface area contributed by atoms with Gasteiger partial charge in [0.2, 0.25) is 5.88 Å². The van der Waals surface area contributed by atoms with E-state index in [-0.39, 0.29) is 6.04 Å². The topological polar surface area (TPSA) is 61.0 Å². The zero-order chi connectivity index (χ0) is 12.3. The van der Waals surface area contributed by atoms with E-state index in [1.165, 1.54) is 0 Å². The van der Waals surface area contributed by atoms with Gasteiger partial charge in [-0.1, -0.05) is 0 Å². The maximum atomic E-state index is 5.81. The van der Waals surface area contributed by atoms with Crippen LogP contribution in [-0.2, 0) is 0 Å². The van der Waals surface area contributed by atoms with Gasteiger partial charge in [0.15, 0.2) is 5.75 Å². The Labute approximate surface area is 100 Å². The highest BCUT2D eigenvalue weighted by Crippen LogP contribution is 2.23. The van der Waals surface area contributed by atoms with Gasteiger partial charge in [0, 0.05) is 24.5 Å². The summed E-state index contributed by atoms with van der Waals surface area (Å²) in [6.45, 7) is 3.82. The second-order valence-electron chi connectivity index (χ2n) is 3.91. The molecule has 0 aliphatic rings. The summed E-state index contributed by atoms with van der Waals surface area (Å²) in [7, 11) is 0. The minimum absolute atomic E-state index is 0.0321. The Bertz CT molecular complexity index is 512. The zero-order valence-electron chi connectivity index (χ0n) is 9.92. The summed E-state index contributed by atoms with van der Waals surface area (Å²) < 4.78 is 5.67. The quantitative estimate of drug-likeness (QED) is 0.878. The lowest BCUT2D eigenvalue weighted by atomic mass is 10.1. The van der Waals surface area contributed by atoms with E-state index in [1.807, 2.05) is 38.1 Å². The van der Waals surface area contributed by atoms with E-state index in [0.717, 1.165) is 11.3 Å². The van der Waals surface area contributed by atoms with Gasteiger partial charge in [0.1, 0.15) is 0 Å². The Balaban J connectivity index is 2.25. The molecule has 1 atom stereocenters. The average Bonchev–Trinajstić information content (AvgIpc) is 2.32. The minimum atomic E-state index is -0.0321. The molecule has 0 saturated heterocycles. The van der Waals surface area contributed by atoms with E-state index in [0.29, 0.717) is 11.6 Å². The molecule has 2 rings (SSSR count). The maximum Gasteiger partial charge on any atom is 0.219 e. The number of ether oxygens (including phenoxy) is 1. The van der Waals surface area contributed by atoms with Gasteiger partial charge < -0.3 is 10.5 Å². The average molecular weight is 229 g/mol. The van der Waals surface area contributed by atoms with Crippen molar-refractivity contribution >= 4 is 0 Å². The lowest BCUT2D eigenvalue weighted by molar-refractivity contribution is 0.455. The largest absolute Gasteiger partial charge is 0.437 e. The van der Waals surface area contributed by atoms with Gasteiger partial charge >= 0.3 is 0 Å². The van der Waals surface area contributed by atoms with Crippen molar-refractivity contribution in [2.45, 2.75) is 19.9 Å². The smallest absolute Gasteiger partial charge is 0.219 e. The third kappa shape index (κ3) is 2.79. The Hall–Kier alpha value is -1.94. The third-order valence-corrected chi connectivity index (χ3v) is 2.46. The molecule has 4 heteroatoms. The molecule has 0 radical (unpaired) electrons. The minimum Gasteiger partial charge on any atom is -0.437 e. The molecule has 0 unspecified atom stereocenters. The van der Waals surface area contributed by atoms with E-state index < -0.39 is 0 Å². The second-order valence-corrected chi connectivity index (χ2v) is 3.91. The van der Waals surface area contributed by atoms with Crippen LogP contribution in [0, 0.1) is 6.92 Å². The van der Waals surface area contributed by atoms with E-state index in [9.17, 15) is 0 Å². The van der Waals surface area contributed by atoms with Crippen molar-refractivity contribution < 1.29 is 4.74 Å². The third-order valence-electron chi connectivity index (χ3n) is 2.46. The van der Waals surface area contributed by atoms with Crippen LogP contribution in [0.25, 0.3) is 0 Å². The molecule has 0 spiro atoms. The standard InChI is InChI=1S/C13H15N3O/c1-9(14)11-5-7-16-13(8-11)17-12-4-3-6-15-10(12)2/h3-9H,14H2,1-2H3/t9-/m0/s1. The van der Waals surface area contributed by atoms with Crippen molar-refractivity contribution in [1.29, 1.82) is 0 Å². The molecule has 2 heterocycles. The normalized spacial score (nSPS) is 12.2. The van der Waals surface area contributed by atoms with Crippen LogP contribution in [0.4, 0.5) is 0 Å². The van der Waals surface area contributed by atoms with E-state index >= 15 is 0 Å². The Morgan fingerprint density at radius 1 is 1.24 bits per heavy atom. The van der Waals surface area contributed by atoms with Crippen molar-refractivity contribution in [1.82, 2.24) is 9.97 Å². The van der Waals surface area contributed by atoms with E-state index in [4.69, 9.17) is 10.5 Å². The van der Waals surface area contributed by atoms with Gasteiger partial charge in [0.25, 0.3) is 0 Å². The number of pyridine rings is 2. The molecular formula is C13H15N3O. The molecule has 0 aromatic carbocycles.